The molecule has 20 heavy (non-hydrogen) atoms. The molecule has 5 nitrogen and oxygen atoms in total. The van der Waals surface area contributed by atoms with Crippen LogP contribution in [0.1, 0.15) is 37.7 Å². The van der Waals surface area contributed by atoms with Gasteiger partial charge in [-0.1, -0.05) is 20.8 Å². The molecular formula is C14H24N2O3Si. The van der Waals surface area contributed by atoms with Gasteiger partial charge in [-0.05, 0) is 24.2 Å². The van der Waals surface area contributed by atoms with E-state index in [0.29, 0.717) is 19.6 Å². The minimum absolute atomic E-state index is 0.199. The molecule has 1 heterocycles. The SMILES string of the molecule is CC(C)(C)[Si](C)(C)OCCCOC(=O)c1ccncn1. The first kappa shape index (κ1) is 16.8. The maximum absolute atomic E-state index is 11.6. The molecule has 1 rings (SSSR count). The molecule has 0 unspecified atom stereocenters. The molecule has 0 fully saturated rings. The van der Waals surface area contributed by atoms with E-state index >= 15 is 0 Å². The Labute approximate surface area is 121 Å². The van der Waals surface area contributed by atoms with Gasteiger partial charge in [-0.2, -0.15) is 0 Å². The summed E-state index contributed by atoms with van der Waals surface area (Å²) in [7, 11) is -1.71. The molecule has 1 aromatic rings. The summed E-state index contributed by atoms with van der Waals surface area (Å²) in [5, 5.41) is 0.199. The Morgan fingerprint density at radius 2 is 2.00 bits per heavy atom. The van der Waals surface area contributed by atoms with Crippen LogP contribution in [0.15, 0.2) is 18.6 Å². The van der Waals surface area contributed by atoms with Crippen LogP contribution in [0.2, 0.25) is 18.1 Å². The zero-order valence-electron chi connectivity index (χ0n) is 13.0. The lowest BCUT2D eigenvalue weighted by atomic mass is 10.2. The number of carbonyl (C=O) groups excluding carboxylic acids is 1. The monoisotopic (exact) mass is 296 g/mol. The third-order valence-corrected chi connectivity index (χ3v) is 8.12. The van der Waals surface area contributed by atoms with Crippen molar-refractivity contribution in [2.75, 3.05) is 13.2 Å². The molecule has 0 bridgehead atoms. The zero-order chi connectivity index (χ0) is 15.2. The van der Waals surface area contributed by atoms with Gasteiger partial charge in [-0.25, -0.2) is 14.8 Å². The van der Waals surface area contributed by atoms with Crippen molar-refractivity contribution in [1.82, 2.24) is 9.97 Å². The summed E-state index contributed by atoms with van der Waals surface area (Å²) in [6.45, 7) is 12.0. The highest BCUT2D eigenvalue weighted by Gasteiger charge is 2.36. The van der Waals surface area contributed by atoms with Crippen molar-refractivity contribution in [2.45, 2.75) is 45.3 Å². The number of carbonyl (C=O) groups is 1. The molecule has 1 aromatic heterocycles. The summed E-state index contributed by atoms with van der Waals surface area (Å²) in [5.41, 5.74) is 0.283. The Kier molecular flexibility index (Phi) is 5.83. The van der Waals surface area contributed by atoms with E-state index in [9.17, 15) is 4.79 Å². The van der Waals surface area contributed by atoms with Gasteiger partial charge in [0.05, 0.1) is 6.61 Å². The minimum atomic E-state index is -1.71. The second kappa shape index (κ2) is 6.94. The highest BCUT2D eigenvalue weighted by atomic mass is 28.4. The number of rotatable bonds is 6. The van der Waals surface area contributed by atoms with E-state index in [4.69, 9.17) is 9.16 Å². The fraction of sp³-hybridized carbons (Fsp3) is 0.643. The molecule has 0 aliphatic rings. The Balaban J connectivity index is 2.25. The van der Waals surface area contributed by atoms with Gasteiger partial charge in [0, 0.05) is 19.2 Å². The molecule has 0 radical (unpaired) electrons. The van der Waals surface area contributed by atoms with Crippen LogP contribution in [0.4, 0.5) is 0 Å². The average Bonchev–Trinajstić information content (AvgIpc) is 2.37. The summed E-state index contributed by atoms with van der Waals surface area (Å²) in [6.07, 6.45) is 3.55. The summed E-state index contributed by atoms with van der Waals surface area (Å²) in [4.78, 5) is 19.2. The van der Waals surface area contributed by atoms with E-state index in [1.54, 1.807) is 0 Å². The van der Waals surface area contributed by atoms with Crippen LogP contribution in [0.3, 0.4) is 0 Å². The number of hydrogen-bond donors (Lipinski definition) is 0. The maximum atomic E-state index is 11.6. The van der Waals surface area contributed by atoms with Gasteiger partial charge in [-0.15, -0.1) is 0 Å². The lowest BCUT2D eigenvalue weighted by Crippen LogP contribution is -2.41. The fourth-order valence-electron chi connectivity index (χ4n) is 1.25. The summed E-state index contributed by atoms with van der Waals surface area (Å²) in [5.74, 6) is -0.417. The second-order valence-corrected chi connectivity index (χ2v) is 11.0. The van der Waals surface area contributed by atoms with Gasteiger partial charge in [0.2, 0.25) is 0 Å². The first-order valence-corrected chi connectivity index (χ1v) is 9.72. The minimum Gasteiger partial charge on any atom is -0.461 e. The molecule has 0 N–H and O–H groups in total. The first-order valence-electron chi connectivity index (χ1n) is 6.81. The topological polar surface area (TPSA) is 61.3 Å². The Morgan fingerprint density at radius 1 is 1.30 bits per heavy atom. The molecule has 0 saturated carbocycles. The van der Waals surface area contributed by atoms with Crippen molar-refractivity contribution in [2.24, 2.45) is 0 Å². The van der Waals surface area contributed by atoms with E-state index in [-0.39, 0.29) is 10.7 Å². The maximum Gasteiger partial charge on any atom is 0.357 e. The molecule has 0 spiro atoms. The summed E-state index contributed by atoms with van der Waals surface area (Å²) < 4.78 is 11.1. The number of esters is 1. The quantitative estimate of drug-likeness (QED) is 0.459. The lowest BCUT2D eigenvalue weighted by Gasteiger charge is -2.36. The van der Waals surface area contributed by atoms with Crippen molar-refractivity contribution < 1.29 is 14.0 Å². The van der Waals surface area contributed by atoms with E-state index in [1.807, 2.05) is 0 Å². The van der Waals surface area contributed by atoms with Crippen LogP contribution in [0, 0.1) is 0 Å². The van der Waals surface area contributed by atoms with Crippen LogP contribution in [0.25, 0.3) is 0 Å². The molecule has 0 atom stereocenters. The largest absolute Gasteiger partial charge is 0.461 e. The van der Waals surface area contributed by atoms with E-state index < -0.39 is 14.3 Å². The first-order chi connectivity index (χ1) is 9.24. The molecule has 0 saturated heterocycles. The summed E-state index contributed by atoms with van der Waals surface area (Å²) >= 11 is 0. The van der Waals surface area contributed by atoms with Crippen LogP contribution in [-0.4, -0.2) is 37.5 Å². The Morgan fingerprint density at radius 3 is 2.55 bits per heavy atom. The number of aromatic nitrogens is 2. The van der Waals surface area contributed by atoms with E-state index in [2.05, 4.69) is 43.8 Å². The van der Waals surface area contributed by atoms with Gasteiger partial charge in [0.15, 0.2) is 14.0 Å². The van der Waals surface area contributed by atoms with Gasteiger partial charge < -0.3 is 9.16 Å². The van der Waals surface area contributed by atoms with Crippen molar-refractivity contribution in [3.63, 3.8) is 0 Å². The summed E-state index contributed by atoms with van der Waals surface area (Å²) in [6, 6.07) is 1.54. The average molecular weight is 296 g/mol. The number of nitrogens with zero attached hydrogens (tertiary/aromatic N) is 2. The normalized spacial score (nSPS) is 12.2. The molecule has 0 aromatic carbocycles. The van der Waals surface area contributed by atoms with E-state index in [0.717, 1.165) is 0 Å². The van der Waals surface area contributed by atoms with Crippen LogP contribution >= 0.6 is 0 Å². The lowest BCUT2D eigenvalue weighted by molar-refractivity contribution is 0.0477. The highest BCUT2D eigenvalue weighted by Crippen LogP contribution is 2.36. The van der Waals surface area contributed by atoms with E-state index in [1.165, 1.54) is 18.6 Å². The smallest absolute Gasteiger partial charge is 0.357 e. The van der Waals surface area contributed by atoms with Crippen LogP contribution in [0.5, 0.6) is 0 Å². The zero-order valence-corrected chi connectivity index (χ0v) is 14.0. The molecule has 0 aliphatic heterocycles. The Bertz CT molecular complexity index is 430. The third kappa shape index (κ3) is 5.01. The second-order valence-electron chi connectivity index (χ2n) is 6.19. The fourth-order valence-corrected chi connectivity index (χ4v) is 2.34. The molecule has 0 amide bonds. The predicted molar refractivity (Wildman–Crippen MR) is 80.1 cm³/mol. The Hall–Kier alpha value is -1.27. The third-order valence-electron chi connectivity index (χ3n) is 3.58. The van der Waals surface area contributed by atoms with Gasteiger partial charge in [0.25, 0.3) is 0 Å². The van der Waals surface area contributed by atoms with Gasteiger partial charge in [0.1, 0.15) is 6.33 Å². The molecule has 6 heteroatoms. The number of ether oxygens (including phenoxy) is 1. The van der Waals surface area contributed by atoms with Crippen molar-refractivity contribution >= 4 is 14.3 Å². The number of hydrogen-bond acceptors (Lipinski definition) is 5. The van der Waals surface area contributed by atoms with Crippen LogP contribution in [-0.2, 0) is 9.16 Å². The highest BCUT2D eigenvalue weighted by molar-refractivity contribution is 6.74. The van der Waals surface area contributed by atoms with Gasteiger partial charge >= 0.3 is 5.97 Å². The van der Waals surface area contributed by atoms with Crippen molar-refractivity contribution in [1.29, 1.82) is 0 Å². The molecule has 112 valence electrons. The van der Waals surface area contributed by atoms with Gasteiger partial charge in [-0.3, -0.25) is 0 Å². The standard InChI is InChI=1S/C14H24N2O3Si/c1-14(2,3)20(4,5)19-10-6-9-18-13(17)12-7-8-15-11-16-12/h7-8,11H,6,9-10H2,1-5H3. The van der Waals surface area contributed by atoms with Crippen molar-refractivity contribution in [3.8, 4) is 0 Å². The molecule has 0 aliphatic carbocycles. The van der Waals surface area contributed by atoms with Crippen LogP contribution < -0.4 is 0 Å². The predicted octanol–water partition coefficient (Wildman–Crippen LogP) is 3.05. The van der Waals surface area contributed by atoms with Crippen molar-refractivity contribution in [3.05, 3.63) is 24.3 Å². The molecular weight excluding hydrogens is 272 g/mol.